The maximum atomic E-state index is 10.8. The van der Waals surface area contributed by atoms with Crippen LogP contribution in [0.15, 0.2) is 0 Å². The molecule has 0 unspecified atom stereocenters. The molecular weight excluding hydrogens is 178 g/mol. The molecule has 72 valence electrons. The van der Waals surface area contributed by atoms with Crippen molar-refractivity contribution in [3.63, 3.8) is 0 Å². The largest absolute Gasteiger partial charge is 0.480 e. The van der Waals surface area contributed by atoms with Gasteiger partial charge in [0.05, 0.1) is 0 Å². The number of carbonyl (C=O) groups is 3. The highest BCUT2D eigenvalue weighted by atomic mass is 16.4. The lowest BCUT2D eigenvalue weighted by atomic mass is 10.2. The molecule has 0 saturated heterocycles. The van der Waals surface area contributed by atoms with Crippen LogP contribution in [0, 0.1) is 0 Å². The lowest BCUT2D eigenvalue weighted by molar-refractivity contribution is -0.155. The van der Waals surface area contributed by atoms with Crippen molar-refractivity contribution in [3.8, 4) is 0 Å². The summed E-state index contributed by atoms with van der Waals surface area (Å²) >= 11 is 0. The number of aliphatic carboxylic acids is 2. The predicted octanol–water partition coefficient (Wildman–Crippen LogP) is -1.15. The van der Waals surface area contributed by atoms with Crippen LogP contribution in [0.5, 0.6) is 0 Å². The van der Waals surface area contributed by atoms with Crippen LogP contribution >= 0.6 is 0 Å². The Bertz CT molecular complexity index is 258. The first kappa shape index (κ1) is 9.66. The van der Waals surface area contributed by atoms with Crippen LogP contribution in [0.2, 0.25) is 0 Å². The first-order valence-electron chi connectivity index (χ1n) is 3.78. The van der Waals surface area contributed by atoms with Crippen LogP contribution in [0.25, 0.3) is 0 Å². The summed E-state index contributed by atoms with van der Waals surface area (Å²) in [5.41, 5.74) is 0. The fourth-order valence-electron chi connectivity index (χ4n) is 0.868. The summed E-state index contributed by atoms with van der Waals surface area (Å²) in [6.45, 7) is 0. The Labute approximate surface area is 73.5 Å². The quantitative estimate of drug-likeness (QED) is 0.370. The van der Waals surface area contributed by atoms with Crippen molar-refractivity contribution in [2.75, 3.05) is 0 Å². The number of carboxylic acids is 2. The molecule has 0 aromatic heterocycles. The number of rotatable bonds is 5. The van der Waals surface area contributed by atoms with Crippen LogP contribution in [0.4, 0.5) is 0 Å². The molecule has 0 aliphatic heterocycles. The van der Waals surface area contributed by atoms with Crippen molar-refractivity contribution in [1.29, 1.82) is 0 Å². The van der Waals surface area contributed by atoms with Crippen molar-refractivity contribution in [1.82, 2.24) is 5.32 Å². The molecule has 1 rings (SSSR count). The van der Waals surface area contributed by atoms with Gasteiger partial charge in [0, 0.05) is 6.04 Å². The molecular formula is C7H9NO5. The number of ketones is 1. The van der Waals surface area contributed by atoms with E-state index in [-0.39, 0.29) is 6.04 Å². The van der Waals surface area contributed by atoms with Crippen LogP contribution in [0.3, 0.4) is 0 Å². The average molecular weight is 187 g/mol. The van der Waals surface area contributed by atoms with E-state index in [1.165, 1.54) is 0 Å². The van der Waals surface area contributed by atoms with Gasteiger partial charge < -0.3 is 10.2 Å². The molecule has 0 spiro atoms. The summed E-state index contributed by atoms with van der Waals surface area (Å²) in [4.78, 5) is 31.5. The zero-order valence-electron chi connectivity index (χ0n) is 6.69. The predicted molar refractivity (Wildman–Crippen MR) is 40.2 cm³/mol. The molecule has 6 heteroatoms. The molecule has 1 aliphatic carbocycles. The third-order valence-electron chi connectivity index (χ3n) is 1.70. The average Bonchev–Trinajstić information content (AvgIpc) is 2.81. The van der Waals surface area contributed by atoms with Gasteiger partial charge in [-0.15, -0.1) is 0 Å². The molecule has 1 atom stereocenters. The van der Waals surface area contributed by atoms with Crippen molar-refractivity contribution >= 4 is 17.7 Å². The highest BCUT2D eigenvalue weighted by Crippen LogP contribution is 2.19. The number of hydrogen-bond acceptors (Lipinski definition) is 4. The second-order valence-corrected chi connectivity index (χ2v) is 2.88. The molecule has 13 heavy (non-hydrogen) atoms. The van der Waals surface area contributed by atoms with Crippen molar-refractivity contribution < 1.29 is 24.6 Å². The van der Waals surface area contributed by atoms with E-state index in [9.17, 15) is 14.4 Å². The van der Waals surface area contributed by atoms with Crippen molar-refractivity contribution in [2.45, 2.75) is 24.9 Å². The summed E-state index contributed by atoms with van der Waals surface area (Å²) < 4.78 is 0. The second kappa shape index (κ2) is 3.53. The normalized spacial score (nSPS) is 17.8. The zero-order chi connectivity index (χ0) is 10.0. The van der Waals surface area contributed by atoms with E-state index in [4.69, 9.17) is 10.2 Å². The smallest absolute Gasteiger partial charge is 0.374 e. The molecule has 0 aromatic rings. The van der Waals surface area contributed by atoms with Gasteiger partial charge in [0.2, 0.25) is 0 Å². The fraction of sp³-hybridized carbons (Fsp3) is 0.571. The molecule has 0 radical (unpaired) electrons. The number of carbonyl (C=O) groups excluding carboxylic acids is 1. The van der Waals surface area contributed by atoms with E-state index in [1.807, 2.05) is 0 Å². The Morgan fingerprint density at radius 3 is 2.08 bits per heavy atom. The minimum absolute atomic E-state index is 0.0237. The summed E-state index contributed by atoms with van der Waals surface area (Å²) in [6, 6.07) is -1.63. The lowest BCUT2D eigenvalue weighted by Crippen LogP contribution is -2.47. The topological polar surface area (TPSA) is 104 Å². The summed E-state index contributed by atoms with van der Waals surface area (Å²) in [5.74, 6) is -4.49. The van der Waals surface area contributed by atoms with E-state index in [0.717, 1.165) is 12.8 Å². The van der Waals surface area contributed by atoms with Gasteiger partial charge in [-0.2, -0.15) is 0 Å². The van der Waals surface area contributed by atoms with E-state index in [0.29, 0.717) is 0 Å². The van der Waals surface area contributed by atoms with Crippen molar-refractivity contribution in [3.05, 3.63) is 0 Å². The van der Waals surface area contributed by atoms with Gasteiger partial charge in [-0.1, -0.05) is 0 Å². The monoisotopic (exact) mass is 187 g/mol. The minimum Gasteiger partial charge on any atom is -0.480 e. The second-order valence-electron chi connectivity index (χ2n) is 2.88. The number of hydrogen-bond donors (Lipinski definition) is 3. The Morgan fingerprint density at radius 1 is 1.23 bits per heavy atom. The molecule has 1 saturated carbocycles. The van der Waals surface area contributed by atoms with Gasteiger partial charge >= 0.3 is 11.9 Å². The Balaban J connectivity index is 2.59. The molecule has 0 aromatic carbocycles. The van der Waals surface area contributed by atoms with Crippen molar-refractivity contribution in [2.24, 2.45) is 0 Å². The van der Waals surface area contributed by atoms with E-state index in [2.05, 4.69) is 5.32 Å². The Kier molecular flexibility index (Phi) is 2.62. The molecule has 0 heterocycles. The van der Waals surface area contributed by atoms with Gasteiger partial charge in [0.25, 0.3) is 5.78 Å². The number of nitrogens with one attached hydrogen (secondary N) is 1. The van der Waals surface area contributed by atoms with Gasteiger partial charge in [-0.25, -0.2) is 4.79 Å². The minimum atomic E-state index is -1.72. The molecule has 0 bridgehead atoms. The zero-order valence-corrected chi connectivity index (χ0v) is 6.69. The first-order valence-corrected chi connectivity index (χ1v) is 3.78. The summed E-state index contributed by atoms with van der Waals surface area (Å²) in [5, 5.41) is 19.2. The van der Waals surface area contributed by atoms with Gasteiger partial charge in [0.15, 0.2) is 6.04 Å². The molecule has 1 aliphatic rings. The molecule has 6 nitrogen and oxygen atoms in total. The highest BCUT2D eigenvalue weighted by molar-refractivity contribution is 6.38. The maximum absolute atomic E-state index is 10.8. The number of Topliss-reactive ketones (excluding diaryl/α,β-unsaturated/α-hetero) is 1. The third kappa shape index (κ3) is 2.51. The highest BCUT2D eigenvalue weighted by Gasteiger charge is 2.36. The molecule has 0 amide bonds. The van der Waals surface area contributed by atoms with Crippen LogP contribution in [0.1, 0.15) is 12.8 Å². The van der Waals surface area contributed by atoms with Crippen LogP contribution in [-0.2, 0) is 14.4 Å². The molecule has 1 fully saturated rings. The maximum Gasteiger partial charge on any atom is 0.374 e. The van der Waals surface area contributed by atoms with E-state index >= 15 is 0 Å². The standard InChI is InChI=1S/C7H9NO5/c9-5(7(12)13)4(6(10)11)8-3-1-2-3/h3-4,8H,1-2H2,(H,10,11)(H,12,13)/t4-/m0/s1. The Hall–Kier alpha value is -1.43. The summed E-state index contributed by atoms with van der Waals surface area (Å²) in [6.07, 6.45) is 1.58. The molecule has 3 N–H and O–H groups in total. The van der Waals surface area contributed by atoms with Crippen LogP contribution in [-0.4, -0.2) is 40.0 Å². The third-order valence-corrected chi connectivity index (χ3v) is 1.70. The Morgan fingerprint density at radius 2 is 1.77 bits per heavy atom. The van der Waals surface area contributed by atoms with Crippen LogP contribution < -0.4 is 5.32 Å². The van der Waals surface area contributed by atoms with E-state index < -0.39 is 23.8 Å². The van der Waals surface area contributed by atoms with Gasteiger partial charge in [-0.05, 0) is 12.8 Å². The van der Waals surface area contributed by atoms with Gasteiger partial charge in [-0.3, -0.25) is 14.9 Å². The summed E-state index contributed by atoms with van der Waals surface area (Å²) in [7, 11) is 0. The first-order chi connectivity index (χ1) is 6.02. The SMILES string of the molecule is O=C(O)C(=O)[C@H](NC1CC1)C(=O)O. The van der Waals surface area contributed by atoms with Gasteiger partial charge in [0.1, 0.15) is 0 Å². The number of carboxylic acid groups (broad SMARTS) is 2. The lowest BCUT2D eigenvalue weighted by Gasteiger charge is -2.09. The fourth-order valence-corrected chi connectivity index (χ4v) is 0.868. The van der Waals surface area contributed by atoms with E-state index in [1.54, 1.807) is 0 Å².